The van der Waals surface area contributed by atoms with Gasteiger partial charge in [0.25, 0.3) is 0 Å². The van der Waals surface area contributed by atoms with Crippen molar-refractivity contribution < 1.29 is 9.90 Å². The molecule has 0 unspecified atom stereocenters. The third kappa shape index (κ3) is 4.31. The fourth-order valence-electron chi connectivity index (χ4n) is 2.25. The van der Waals surface area contributed by atoms with E-state index in [9.17, 15) is 4.79 Å². The minimum Gasteiger partial charge on any atom is -0.478 e. The highest BCUT2D eigenvalue weighted by atomic mass is 35.5. The van der Waals surface area contributed by atoms with Crippen LogP contribution < -0.4 is 0 Å². The van der Waals surface area contributed by atoms with Crippen molar-refractivity contribution in [1.82, 2.24) is 4.90 Å². The molecule has 0 heterocycles. The Morgan fingerprint density at radius 3 is 2.38 bits per heavy atom. The number of halogens is 1. The first-order chi connectivity index (χ1) is 9.95. The van der Waals surface area contributed by atoms with Crippen molar-refractivity contribution in [1.29, 1.82) is 0 Å². The van der Waals surface area contributed by atoms with Crippen LogP contribution in [0.2, 0.25) is 5.02 Å². The molecule has 0 saturated heterocycles. The van der Waals surface area contributed by atoms with E-state index < -0.39 is 5.97 Å². The van der Waals surface area contributed by atoms with Crippen molar-refractivity contribution in [3.8, 4) is 0 Å². The van der Waals surface area contributed by atoms with Crippen molar-refractivity contribution in [2.45, 2.75) is 20.0 Å². The molecule has 0 aromatic heterocycles. The van der Waals surface area contributed by atoms with Crippen molar-refractivity contribution in [2.24, 2.45) is 0 Å². The summed E-state index contributed by atoms with van der Waals surface area (Å²) in [7, 11) is 2.04. The van der Waals surface area contributed by atoms with Gasteiger partial charge in [0.05, 0.1) is 5.56 Å². The molecule has 0 aliphatic rings. The standard InChI is InChI=1S/C17H18ClNO2/c1-12-9-16(18)8-7-15(12)11-19(2)10-13-3-5-14(6-4-13)17(20)21/h3-9H,10-11H2,1-2H3,(H,20,21). The Bertz CT molecular complexity index is 638. The average molecular weight is 304 g/mol. The lowest BCUT2D eigenvalue weighted by molar-refractivity contribution is 0.0697. The van der Waals surface area contributed by atoms with E-state index in [2.05, 4.69) is 11.8 Å². The maximum atomic E-state index is 10.8. The van der Waals surface area contributed by atoms with E-state index in [4.69, 9.17) is 16.7 Å². The molecule has 0 radical (unpaired) electrons. The Balaban J connectivity index is 2.01. The Morgan fingerprint density at radius 2 is 1.81 bits per heavy atom. The molecule has 0 atom stereocenters. The molecule has 3 nitrogen and oxygen atoms in total. The summed E-state index contributed by atoms with van der Waals surface area (Å²) >= 11 is 5.96. The molecule has 4 heteroatoms. The fourth-order valence-corrected chi connectivity index (χ4v) is 2.47. The third-order valence-electron chi connectivity index (χ3n) is 3.40. The molecule has 110 valence electrons. The van der Waals surface area contributed by atoms with Crippen LogP contribution in [0.4, 0.5) is 0 Å². The Kier molecular flexibility index (Phi) is 4.99. The van der Waals surface area contributed by atoms with Gasteiger partial charge in [0.1, 0.15) is 0 Å². The zero-order valence-electron chi connectivity index (χ0n) is 12.1. The van der Waals surface area contributed by atoms with E-state index in [0.717, 1.165) is 23.7 Å². The summed E-state index contributed by atoms with van der Waals surface area (Å²) < 4.78 is 0. The number of aryl methyl sites for hydroxylation is 1. The van der Waals surface area contributed by atoms with Gasteiger partial charge >= 0.3 is 5.97 Å². The lowest BCUT2D eigenvalue weighted by atomic mass is 10.1. The molecule has 0 spiro atoms. The maximum absolute atomic E-state index is 10.8. The molecule has 0 saturated carbocycles. The van der Waals surface area contributed by atoms with Crippen LogP contribution in [-0.2, 0) is 13.1 Å². The highest BCUT2D eigenvalue weighted by Gasteiger charge is 2.06. The molecule has 2 aromatic carbocycles. The fraction of sp³-hybridized carbons (Fsp3) is 0.235. The largest absolute Gasteiger partial charge is 0.478 e. The number of rotatable bonds is 5. The van der Waals surface area contributed by atoms with Gasteiger partial charge in [0, 0.05) is 18.1 Å². The molecule has 1 N–H and O–H groups in total. The summed E-state index contributed by atoms with van der Waals surface area (Å²) in [6.45, 7) is 3.64. The molecule has 0 aliphatic heterocycles. The van der Waals surface area contributed by atoms with Gasteiger partial charge in [-0.15, -0.1) is 0 Å². The molecule has 0 amide bonds. The van der Waals surface area contributed by atoms with Gasteiger partial charge in [-0.3, -0.25) is 4.90 Å². The summed E-state index contributed by atoms with van der Waals surface area (Å²) in [4.78, 5) is 13.0. The number of aromatic carboxylic acids is 1. The zero-order valence-corrected chi connectivity index (χ0v) is 12.9. The molecule has 0 aliphatic carbocycles. The number of nitrogens with zero attached hydrogens (tertiary/aromatic N) is 1. The van der Waals surface area contributed by atoms with Gasteiger partial charge < -0.3 is 5.11 Å². The Morgan fingerprint density at radius 1 is 1.14 bits per heavy atom. The van der Waals surface area contributed by atoms with E-state index in [1.807, 2.05) is 37.4 Å². The summed E-state index contributed by atoms with van der Waals surface area (Å²) in [5, 5.41) is 9.64. The predicted octanol–water partition coefficient (Wildman–Crippen LogP) is 3.98. The smallest absolute Gasteiger partial charge is 0.335 e. The highest BCUT2D eigenvalue weighted by Crippen LogP contribution is 2.17. The quantitative estimate of drug-likeness (QED) is 0.908. The van der Waals surface area contributed by atoms with Gasteiger partial charge in [0.2, 0.25) is 0 Å². The third-order valence-corrected chi connectivity index (χ3v) is 3.63. The van der Waals surface area contributed by atoms with Crippen molar-refractivity contribution in [2.75, 3.05) is 7.05 Å². The van der Waals surface area contributed by atoms with Crippen LogP contribution in [0.1, 0.15) is 27.0 Å². The van der Waals surface area contributed by atoms with Crippen LogP contribution in [0.3, 0.4) is 0 Å². The van der Waals surface area contributed by atoms with E-state index in [-0.39, 0.29) is 0 Å². The number of carboxylic acid groups (broad SMARTS) is 1. The molecule has 2 aromatic rings. The van der Waals surface area contributed by atoms with E-state index >= 15 is 0 Å². The van der Waals surface area contributed by atoms with Crippen LogP contribution >= 0.6 is 11.6 Å². The lowest BCUT2D eigenvalue weighted by Gasteiger charge is -2.18. The first-order valence-corrected chi connectivity index (χ1v) is 7.09. The number of hydrogen-bond acceptors (Lipinski definition) is 2. The first-order valence-electron chi connectivity index (χ1n) is 6.71. The molecule has 0 bridgehead atoms. The second-order valence-electron chi connectivity index (χ2n) is 5.25. The van der Waals surface area contributed by atoms with Crippen LogP contribution in [0.15, 0.2) is 42.5 Å². The zero-order chi connectivity index (χ0) is 15.4. The maximum Gasteiger partial charge on any atom is 0.335 e. The van der Waals surface area contributed by atoms with Gasteiger partial charge in [0.15, 0.2) is 0 Å². The Labute approximate surface area is 129 Å². The van der Waals surface area contributed by atoms with E-state index in [1.54, 1.807) is 12.1 Å². The molecular formula is C17H18ClNO2. The van der Waals surface area contributed by atoms with Crippen LogP contribution in [0, 0.1) is 6.92 Å². The molecule has 21 heavy (non-hydrogen) atoms. The number of carbonyl (C=O) groups is 1. The lowest BCUT2D eigenvalue weighted by Crippen LogP contribution is -2.17. The number of hydrogen-bond donors (Lipinski definition) is 1. The monoisotopic (exact) mass is 303 g/mol. The van der Waals surface area contributed by atoms with Gasteiger partial charge in [-0.25, -0.2) is 4.79 Å². The van der Waals surface area contributed by atoms with Gasteiger partial charge in [-0.2, -0.15) is 0 Å². The summed E-state index contributed by atoms with van der Waals surface area (Å²) in [6, 6.07) is 12.9. The van der Waals surface area contributed by atoms with E-state index in [0.29, 0.717) is 5.56 Å². The normalized spacial score (nSPS) is 10.9. The van der Waals surface area contributed by atoms with Crippen molar-refractivity contribution in [3.63, 3.8) is 0 Å². The summed E-state index contributed by atoms with van der Waals surface area (Å²) in [5.41, 5.74) is 3.82. The molecular weight excluding hydrogens is 286 g/mol. The van der Waals surface area contributed by atoms with Gasteiger partial charge in [-0.1, -0.05) is 29.8 Å². The topological polar surface area (TPSA) is 40.5 Å². The van der Waals surface area contributed by atoms with Crippen molar-refractivity contribution >= 4 is 17.6 Å². The minimum absolute atomic E-state index is 0.315. The first kappa shape index (κ1) is 15.5. The summed E-state index contributed by atoms with van der Waals surface area (Å²) in [5.74, 6) is -0.897. The Hall–Kier alpha value is -1.84. The second-order valence-corrected chi connectivity index (χ2v) is 5.68. The minimum atomic E-state index is -0.897. The van der Waals surface area contributed by atoms with Gasteiger partial charge in [-0.05, 0) is 54.9 Å². The molecule has 2 rings (SSSR count). The number of benzene rings is 2. The average Bonchev–Trinajstić information content (AvgIpc) is 2.42. The van der Waals surface area contributed by atoms with Crippen LogP contribution in [0.5, 0.6) is 0 Å². The van der Waals surface area contributed by atoms with Crippen molar-refractivity contribution in [3.05, 3.63) is 69.7 Å². The van der Waals surface area contributed by atoms with E-state index in [1.165, 1.54) is 11.1 Å². The van der Waals surface area contributed by atoms with Crippen LogP contribution in [0.25, 0.3) is 0 Å². The highest BCUT2D eigenvalue weighted by molar-refractivity contribution is 6.30. The molecule has 0 fully saturated rings. The van der Waals surface area contributed by atoms with Crippen LogP contribution in [-0.4, -0.2) is 23.0 Å². The summed E-state index contributed by atoms with van der Waals surface area (Å²) in [6.07, 6.45) is 0. The number of carboxylic acids is 1. The second kappa shape index (κ2) is 6.74. The SMILES string of the molecule is Cc1cc(Cl)ccc1CN(C)Cc1ccc(C(=O)O)cc1. The predicted molar refractivity (Wildman–Crippen MR) is 84.8 cm³/mol.